The Morgan fingerprint density at radius 2 is 2.00 bits per heavy atom. The van der Waals surface area contributed by atoms with E-state index in [4.69, 9.17) is 0 Å². The number of piperidine rings is 1. The van der Waals surface area contributed by atoms with Gasteiger partial charge in [0.2, 0.25) is 0 Å². The van der Waals surface area contributed by atoms with Gasteiger partial charge in [0.15, 0.2) is 5.96 Å². The molecular formula is C14H28F2N4S. The number of aliphatic imine (C=N–C) groups is 1. The third-order valence-corrected chi connectivity index (χ3v) is 5.03. The van der Waals surface area contributed by atoms with Crippen molar-refractivity contribution in [2.75, 3.05) is 39.5 Å². The lowest BCUT2D eigenvalue weighted by atomic mass is 10.1. The monoisotopic (exact) mass is 322 g/mol. The first kappa shape index (κ1) is 18.5. The summed E-state index contributed by atoms with van der Waals surface area (Å²) in [6.07, 6.45) is 1.60. The van der Waals surface area contributed by atoms with Gasteiger partial charge in [-0.3, -0.25) is 9.89 Å². The molecule has 1 rings (SSSR count). The van der Waals surface area contributed by atoms with Gasteiger partial charge in [-0.2, -0.15) is 11.8 Å². The Kier molecular flexibility index (Phi) is 7.73. The molecular weight excluding hydrogens is 294 g/mol. The van der Waals surface area contributed by atoms with Crippen LogP contribution >= 0.6 is 11.8 Å². The SMILES string of the molecule is CN=C(NCC(C)(C)SC)NC1CCN(CC(F)F)CC1. The highest BCUT2D eigenvalue weighted by Gasteiger charge is 2.22. The van der Waals surface area contributed by atoms with Gasteiger partial charge < -0.3 is 10.6 Å². The van der Waals surface area contributed by atoms with Crippen molar-refractivity contribution in [2.45, 2.75) is 43.9 Å². The minimum Gasteiger partial charge on any atom is -0.355 e. The number of hydrogen-bond acceptors (Lipinski definition) is 3. The van der Waals surface area contributed by atoms with Crippen LogP contribution < -0.4 is 10.6 Å². The average molecular weight is 322 g/mol. The molecule has 2 N–H and O–H groups in total. The molecule has 0 spiro atoms. The number of nitrogens with one attached hydrogen (secondary N) is 2. The molecule has 21 heavy (non-hydrogen) atoms. The Hall–Kier alpha value is -0.560. The highest BCUT2D eigenvalue weighted by atomic mass is 32.2. The molecule has 0 radical (unpaired) electrons. The molecule has 0 aromatic heterocycles. The Morgan fingerprint density at radius 3 is 2.48 bits per heavy atom. The molecule has 1 fully saturated rings. The molecule has 1 heterocycles. The minimum atomic E-state index is -2.24. The van der Waals surface area contributed by atoms with E-state index >= 15 is 0 Å². The van der Waals surface area contributed by atoms with Crippen molar-refractivity contribution >= 4 is 17.7 Å². The summed E-state index contributed by atoms with van der Waals surface area (Å²) < 4.78 is 24.8. The molecule has 0 bridgehead atoms. The fourth-order valence-corrected chi connectivity index (χ4v) is 2.43. The van der Waals surface area contributed by atoms with Crippen molar-refractivity contribution in [2.24, 2.45) is 4.99 Å². The van der Waals surface area contributed by atoms with Gasteiger partial charge in [0.05, 0.1) is 6.54 Å². The molecule has 0 aromatic rings. The largest absolute Gasteiger partial charge is 0.355 e. The molecule has 4 nitrogen and oxygen atoms in total. The lowest BCUT2D eigenvalue weighted by molar-refractivity contribution is 0.0744. The predicted molar refractivity (Wildman–Crippen MR) is 87.6 cm³/mol. The second-order valence-electron chi connectivity index (χ2n) is 6.00. The number of rotatable bonds is 6. The van der Waals surface area contributed by atoms with Crippen molar-refractivity contribution in [3.8, 4) is 0 Å². The Morgan fingerprint density at radius 1 is 1.38 bits per heavy atom. The van der Waals surface area contributed by atoms with Gasteiger partial charge in [-0.25, -0.2) is 8.78 Å². The number of hydrogen-bond donors (Lipinski definition) is 2. The van der Waals surface area contributed by atoms with E-state index in [0.29, 0.717) is 6.04 Å². The van der Waals surface area contributed by atoms with E-state index in [2.05, 4.69) is 35.7 Å². The van der Waals surface area contributed by atoms with E-state index in [1.165, 1.54) is 0 Å². The van der Waals surface area contributed by atoms with Crippen LogP contribution in [0.5, 0.6) is 0 Å². The average Bonchev–Trinajstić information content (AvgIpc) is 2.44. The molecule has 1 aliphatic heterocycles. The maximum Gasteiger partial charge on any atom is 0.251 e. The molecule has 0 atom stereocenters. The number of nitrogens with zero attached hydrogens (tertiary/aromatic N) is 2. The molecule has 0 amide bonds. The number of likely N-dealkylation sites (tertiary alicyclic amines) is 1. The van der Waals surface area contributed by atoms with Crippen molar-refractivity contribution in [3.63, 3.8) is 0 Å². The maximum absolute atomic E-state index is 12.3. The van der Waals surface area contributed by atoms with Crippen LogP contribution in [0.2, 0.25) is 0 Å². The van der Waals surface area contributed by atoms with Gasteiger partial charge in [-0.15, -0.1) is 0 Å². The zero-order valence-electron chi connectivity index (χ0n) is 13.5. The third kappa shape index (κ3) is 7.31. The second-order valence-corrected chi connectivity index (χ2v) is 7.51. The van der Waals surface area contributed by atoms with Gasteiger partial charge >= 0.3 is 0 Å². The van der Waals surface area contributed by atoms with Gasteiger partial charge in [-0.05, 0) is 32.9 Å². The van der Waals surface area contributed by atoms with E-state index in [0.717, 1.165) is 38.4 Å². The van der Waals surface area contributed by atoms with E-state index in [1.54, 1.807) is 7.05 Å². The lowest BCUT2D eigenvalue weighted by Crippen LogP contribution is -2.51. The molecule has 0 saturated carbocycles. The van der Waals surface area contributed by atoms with Crippen LogP contribution in [0.15, 0.2) is 4.99 Å². The molecule has 0 unspecified atom stereocenters. The topological polar surface area (TPSA) is 39.7 Å². The standard InChI is InChI=1S/C14H28F2N4S/c1-14(2,21-4)10-18-13(17-3)19-11-5-7-20(8-6-11)9-12(15)16/h11-12H,5-10H2,1-4H3,(H2,17,18,19). The highest BCUT2D eigenvalue weighted by Crippen LogP contribution is 2.19. The third-order valence-electron chi connectivity index (χ3n) is 3.78. The predicted octanol–water partition coefficient (Wildman–Crippen LogP) is 2.02. The molecule has 1 saturated heterocycles. The van der Waals surface area contributed by atoms with Crippen LogP contribution in [0.1, 0.15) is 26.7 Å². The first-order chi connectivity index (χ1) is 9.86. The van der Waals surface area contributed by atoms with Crippen molar-refractivity contribution < 1.29 is 8.78 Å². The van der Waals surface area contributed by atoms with Crippen LogP contribution in [0.3, 0.4) is 0 Å². The zero-order chi connectivity index (χ0) is 15.9. The Labute approximate surface area is 131 Å². The summed E-state index contributed by atoms with van der Waals surface area (Å²) in [7, 11) is 1.76. The van der Waals surface area contributed by atoms with Gasteiger partial charge in [0.25, 0.3) is 6.43 Å². The van der Waals surface area contributed by atoms with E-state index in [9.17, 15) is 8.78 Å². The van der Waals surface area contributed by atoms with Crippen LogP contribution in [-0.4, -0.2) is 67.6 Å². The normalized spacial score (nSPS) is 19.1. The maximum atomic E-state index is 12.3. The summed E-state index contributed by atoms with van der Waals surface area (Å²) in [5.74, 6) is 0.796. The molecule has 0 aromatic carbocycles. The summed E-state index contributed by atoms with van der Waals surface area (Å²) >= 11 is 1.81. The minimum absolute atomic E-state index is 0.110. The molecule has 0 aliphatic carbocycles. The Balaban J connectivity index is 2.32. The van der Waals surface area contributed by atoms with Crippen molar-refractivity contribution in [1.29, 1.82) is 0 Å². The van der Waals surface area contributed by atoms with Crippen LogP contribution in [0, 0.1) is 0 Å². The summed E-state index contributed by atoms with van der Waals surface area (Å²) in [4.78, 5) is 6.07. The van der Waals surface area contributed by atoms with Crippen LogP contribution in [-0.2, 0) is 0 Å². The highest BCUT2D eigenvalue weighted by molar-refractivity contribution is 7.99. The van der Waals surface area contributed by atoms with Crippen LogP contribution in [0.4, 0.5) is 8.78 Å². The number of guanidine groups is 1. The van der Waals surface area contributed by atoms with E-state index in [-0.39, 0.29) is 11.3 Å². The van der Waals surface area contributed by atoms with Crippen molar-refractivity contribution in [3.05, 3.63) is 0 Å². The molecule has 7 heteroatoms. The summed E-state index contributed by atoms with van der Waals surface area (Å²) in [5, 5.41) is 6.73. The summed E-state index contributed by atoms with van der Waals surface area (Å²) in [6, 6.07) is 0.308. The van der Waals surface area contributed by atoms with E-state index < -0.39 is 6.43 Å². The second kappa shape index (κ2) is 8.78. The number of thioether (sulfide) groups is 1. The Bertz CT molecular complexity index is 329. The fourth-order valence-electron chi connectivity index (χ4n) is 2.21. The smallest absolute Gasteiger partial charge is 0.251 e. The van der Waals surface area contributed by atoms with Gasteiger partial charge in [-0.1, -0.05) is 0 Å². The quantitative estimate of drug-likeness (QED) is 0.580. The van der Waals surface area contributed by atoms with Crippen LogP contribution in [0.25, 0.3) is 0 Å². The first-order valence-electron chi connectivity index (χ1n) is 7.39. The van der Waals surface area contributed by atoms with Gasteiger partial charge in [0, 0.05) is 37.5 Å². The molecule has 124 valence electrons. The number of alkyl halides is 2. The summed E-state index contributed by atoms with van der Waals surface area (Å²) in [6.45, 7) is 6.52. The number of halogens is 2. The van der Waals surface area contributed by atoms with Gasteiger partial charge in [0.1, 0.15) is 0 Å². The summed E-state index contributed by atoms with van der Waals surface area (Å²) in [5.41, 5.74) is 0. The van der Waals surface area contributed by atoms with E-state index in [1.807, 2.05) is 16.7 Å². The van der Waals surface area contributed by atoms with Crippen molar-refractivity contribution in [1.82, 2.24) is 15.5 Å². The molecule has 1 aliphatic rings. The first-order valence-corrected chi connectivity index (χ1v) is 8.61. The fraction of sp³-hybridized carbons (Fsp3) is 0.929. The lowest BCUT2D eigenvalue weighted by Gasteiger charge is -2.33. The zero-order valence-corrected chi connectivity index (χ0v) is 14.3.